The highest BCUT2D eigenvalue weighted by molar-refractivity contribution is 6.75. The quantitative estimate of drug-likeness (QED) is 0.553. The van der Waals surface area contributed by atoms with E-state index in [0.29, 0.717) is 0 Å². The lowest BCUT2D eigenvalue weighted by Crippen LogP contribution is -2.33. The van der Waals surface area contributed by atoms with Gasteiger partial charge in [-0.05, 0) is 0 Å². The van der Waals surface area contributed by atoms with Gasteiger partial charge in [0, 0.05) is 0 Å². The molecule has 0 spiro atoms. The number of hydrogen-bond donors (Lipinski definition) is 0. The van der Waals surface area contributed by atoms with Crippen LogP contribution < -0.4 is 0 Å². The zero-order valence-corrected chi connectivity index (χ0v) is 8.06. The molecule has 2 nitrogen and oxygen atoms in total. The molecule has 0 atom stereocenters. The first-order valence-corrected chi connectivity index (χ1v) is 3.76. The normalized spacial score (nSPS) is 12.9. The average Bonchev–Trinajstić information content (AvgIpc) is 1.61. The lowest BCUT2D eigenvalue weighted by atomic mass is 10.8. The summed E-state index contributed by atoms with van der Waals surface area (Å²) in [6.07, 6.45) is 0. The molecule has 0 aromatic heterocycles. The van der Waals surface area contributed by atoms with Crippen molar-refractivity contribution in [1.29, 1.82) is 0 Å². The molecule has 0 N–H and O–H groups in total. The summed E-state index contributed by atoms with van der Waals surface area (Å²) in [7, 11) is 0. The Morgan fingerprint density at radius 2 is 1.50 bits per heavy atom. The maximum absolute atomic E-state index is 9.70. The second-order valence-electron chi connectivity index (χ2n) is 1.23. The number of ether oxygens (including phenoxy) is 1. The lowest BCUT2D eigenvalue weighted by Gasteiger charge is -2.24. The van der Waals surface area contributed by atoms with E-state index in [1.54, 1.807) is 0 Å². The first-order valence-electron chi connectivity index (χ1n) is 1.87. The first kappa shape index (κ1) is 10.9. The number of hydrogen-bond acceptors (Lipinski definition) is 2. The van der Waals surface area contributed by atoms with Gasteiger partial charge < -0.3 is 4.74 Å². The minimum atomic E-state index is -2.14. The van der Waals surface area contributed by atoms with Gasteiger partial charge in [-0.15, -0.1) is 0 Å². The third-order valence-electron chi connectivity index (χ3n) is 0.526. The smallest absolute Gasteiger partial charge is 0.308 e. The molecular weight excluding hydrogens is 245 g/mol. The zero-order valence-electron chi connectivity index (χ0n) is 4.28. The van der Waals surface area contributed by atoms with Crippen LogP contribution in [-0.4, -0.2) is 14.8 Å². The van der Waals surface area contributed by atoms with E-state index in [2.05, 4.69) is 4.74 Å². The van der Waals surface area contributed by atoms with Crippen LogP contribution in [0.4, 0.5) is 0 Å². The van der Waals surface area contributed by atoms with Crippen LogP contribution in [0.15, 0.2) is 0 Å². The lowest BCUT2D eigenvalue weighted by molar-refractivity contribution is -0.131. The largest absolute Gasteiger partial charge is 0.426 e. The molecule has 0 aromatic carbocycles. The predicted octanol–water partition coefficient (Wildman–Crippen LogP) is 2.66. The van der Waals surface area contributed by atoms with Crippen molar-refractivity contribution >= 4 is 64.5 Å². The summed E-state index contributed by atoms with van der Waals surface area (Å²) < 4.78 is -0.150. The summed E-state index contributed by atoms with van der Waals surface area (Å²) in [5.74, 6) is 0. The highest BCUT2D eigenvalue weighted by Crippen LogP contribution is 2.46. The molecule has 0 bridgehead atoms. The van der Waals surface area contributed by atoms with Gasteiger partial charge in [0.15, 0.2) is 0 Å². The van der Waals surface area contributed by atoms with Crippen LogP contribution in [-0.2, 0) is 9.53 Å². The van der Waals surface area contributed by atoms with E-state index in [9.17, 15) is 4.79 Å². The third-order valence-corrected chi connectivity index (χ3v) is 2.65. The van der Waals surface area contributed by atoms with Gasteiger partial charge in [-0.1, -0.05) is 58.0 Å². The summed E-state index contributed by atoms with van der Waals surface area (Å²) in [5, 5.41) is 0. The topological polar surface area (TPSA) is 26.3 Å². The van der Waals surface area contributed by atoms with Crippen LogP contribution in [0.2, 0.25) is 0 Å². The molecule has 0 unspecified atom stereocenters. The molecule has 7 heteroatoms. The molecule has 0 aliphatic carbocycles. The van der Waals surface area contributed by atoms with Gasteiger partial charge in [-0.3, -0.25) is 4.79 Å². The molecule has 0 rings (SSSR count). The Hall–Kier alpha value is 0.920. The van der Waals surface area contributed by atoms with Crippen LogP contribution in [0.5, 0.6) is 0 Å². The first-order chi connectivity index (χ1) is 4.31. The van der Waals surface area contributed by atoms with E-state index in [-0.39, 0.29) is 6.47 Å². The van der Waals surface area contributed by atoms with Crippen molar-refractivity contribution in [2.45, 2.75) is 8.31 Å². The fraction of sp³-hybridized carbons (Fsp3) is 0.667. The van der Waals surface area contributed by atoms with E-state index < -0.39 is 8.31 Å². The molecule has 0 aliphatic rings. The fourth-order valence-electron chi connectivity index (χ4n) is 0.127. The number of carbonyl (C=O) groups excluding carboxylic acids is 1. The highest BCUT2D eigenvalue weighted by atomic mass is 35.6. The van der Waals surface area contributed by atoms with E-state index in [0.717, 1.165) is 0 Å². The van der Waals surface area contributed by atoms with Gasteiger partial charge >= 0.3 is 4.52 Å². The van der Waals surface area contributed by atoms with Gasteiger partial charge in [0.2, 0.25) is 0 Å². The Balaban J connectivity index is 4.23. The zero-order chi connectivity index (χ0) is 8.41. The molecular formula is C3HCl5O2. The van der Waals surface area contributed by atoms with E-state index in [1.165, 1.54) is 0 Å². The van der Waals surface area contributed by atoms with Crippen molar-refractivity contribution in [3.8, 4) is 0 Å². The molecule has 0 saturated carbocycles. The van der Waals surface area contributed by atoms with Gasteiger partial charge in [0.05, 0.1) is 0 Å². The van der Waals surface area contributed by atoms with Crippen molar-refractivity contribution < 1.29 is 9.53 Å². The second kappa shape index (κ2) is 3.55. The number of alkyl halides is 5. The van der Waals surface area contributed by atoms with Crippen molar-refractivity contribution in [1.82, 2.24) is 0 Å². The molecule has 10 heavy (non-hydrogen) atoms. The summed E-state index contributed by atoms with van der Waals surface area (Å²) in [5.41, 5.74) is 0. The van der Waals surface area contributed by atoms with Gasteiger partial charge in [-0.2, -0.15) is 0 Å². The number of halogens is 5. The monoisotopic (exact) mass is 244 g/mol. The Labute approximate surface area is 82.3 Å². The SMILES string of the molecule is O=COC(Cl)(Cl)C(Cl)(Cl)Cl. The van der Waals surface area contributed by atoms with Crippen LogP contribution in [0.25, 0.3) is 0 Å². The molecule has 60 valence electrons. The molecule has 0 saturated heterocycles. The van der Waals surface area contributed by atoms with Crippen molar-refractivity contribution in [3.05, 3.63) is 0 Å². The van der Waals surface area contributed by atoms with Crippen LogP contribution in [0, 0.1) is 0 Å². The van der Waals surface area contributed by atoms with Crippen molar-refractivity contribution in [2.75, 3.05) is 0 Å². The fourth-order valence-corrected chi connectivity index (χ4v) is 0.334. The Morgan fingerprint density at radius 1 is 1.10 bits per heavy atom. The molecule has 0 heterocycles. The van der Waals surface area contributed by atoms with E-state index in [1.807, 2.05) is 0 Å². The van der Waals surface area contributed by atoms with Gasteiger partial charge in [0.25, 0.3) is 10.3 Å². The van der Waals surface area contributed by atoms with Crippen molar-refractivity contribution in [3.63, 3.8) is 0 Å². The summed E-state index contributed by atoms with van der Waals surface area (Å²) in [4.78, 5) is 9.70. The predicted molar refractivity (Wildman–Crippen MR) is 41.9 cm³/mol. The van der Waals surface area contributed by atoms with Crippen LogP contribution >= 0.6 is 58.0 Å². The molecule has 0 fully saturated rings. The number of carbonyl (C=O) groups is 1. The summed E-state index contributed by atoms with van der Waals surface area (Å²) in [6, 6.07) is 0. The number of rotatable bonds is 2. The Kier molecular flexibility index (Phi) is 3.87. The standard InChI is InChI=1S/C3HCl5O2/c4-2(5,6)3(7,8)10-1-9/h1H. The Morgan fingerprint density at radius 3 is 1.60 bits per heavy atom. The second-order valence-corrected chi connectivity index (χ2v) is 4.77. The minimum absolute atomic E-state index is 0.0120. The molecule has 0 radical (unpaired) electrons. The molecule has 0 amide bonds. The maximum Gasteiger partial charge on any atom is 0.308 e. The molecule has 0 aliphatic heterocycles. The maximum atomic E-state index is 9.70. The average molecular weight is 246 g/mol. The van der Waals surface area contributed by atoms with Crippen LogP contribution in [0.1, 0.15) is 0 Å². The van der Waals surface area contributed by atoms with Crippen molar-refractivity contribution in [2.24, 2.45) is 0 Å². The molecule has 0 aromatic rings. The van der Waals surface area contributed by atoms with E-state index >= 15 is 0 Å². The van der Waals surface area contributed by atoms with Gasteiger partial charge in [-0.25, -0.2) is 0 Å². The van der Waals surface area contributed by atoms with Gasteiger partial charge in [0.1, 0.15) is 0 Å². The third kappa shape index (κ3) is 2.89. The van der Waals surface area contributed by atoms with E-state index in [4.69, 9.17) is 58.0 Å². The Bertz CT molecular complexity index is 127. The highest BCUT2D eigenvalue weighted by Gasteiger charge is 2.48. The summed E-state index contributed by atoms with van der Waals surface area (Å²) >= 11 is 26.0. The minimum Gasteiger partial charge on any atom is -0.426 e. The summed E-state index contributed by atoms with van der Waals surface area (Å²) in [6.45, 7) is -0.0120. The van der Waals surface area contributed by atoms with Crippen LogP contribution in [0.3, 0.4) is 0 Å².